The number of ether oxygens (including phenoxy) is 2. The summed E-state index contributed by atoms with van der Waals surface area (Å²) in [5, 5.41) is 27.8. The van der Waals surface area contributed by atoms with Crippen molar-refractivity contribution in [2.45, 2.75) is 31.5 Å². The first-order chi connectivity index (χ1) is 6.11. The molecule has 5 heteroatoms. The second-order valence-corrected chi connectivity index (χ2v) is 3.30. The van der Waals surface area contributed by atoms with E-state index in [4.69, 9.17) is 14.6 Å². The number of hydrogen-bond acceptors (Lipinski definition) is 5. The number of rotatable bonds is 2. The molecule has 5 atom stereocenters. The Morgan fingerprint density at radius 2 is 1.92 bits per heavy atom. The van der Waals surface area contributed by atoms with Crippen LogP contribution < -0.4 is 0 Å². The summed E-state index contributed by atoms with van der Waals surface area (Å²) in [7, 11) is 1.46. The van der Waals surface area contributed by atoms with Gasteiger partial charge < -0.3 is 24.8 Å². The van der Waals surface area contributed by atoms with Crippen molar-refractivity contribution in [2.75, 3.05) is 13.7 Å². The van der Waals surface area contributed by atoms with Gasteiger partial charge in [0.25, 0.3) is 0 Å². The Hall–Kier alpha value is -0.200. The average Bonchev–Trinajstić information content (AvgIpc) is 2.15. The SMILES string of the molecule is CO[C@@H]1O[C@H](CO)[C@@H](O)[C@H](O)[C@H]1C. The first-order valence-corrected chi connectivity index (χ1v) is 4.27. The van der Waals surface area contributed by atoms with E-state index in [1.807, 2.05) is 0 Å². The molecule has 3 N–H and O–H groups in total. The third-order valence-corrected chi connectivity index (χ3v) is 2.42. The summed E-state index contributed by atoms with van der Waals surface area (Å²) in [5.41, 5.74) is 0. The lowest BCUT2D eigenvalue weighted by Crippen LogP contribution is -2.55. The number of hydrogen-bond donors (Lipinski definition) is 3. The van der Waals surface area contributed by atoms with Crippen LogP contribution in [0.2, 0.25) is 0 Å². The minimum Gasteiger partial charge on any atom is -0.394 e. The predicted octanol–water partition coefficient (Wildman–Crippen LogP) is -1.29. The van der Waals surface area contributed by atoms with Crippen LogP contribution in [0.15, 0.2) is 0 Å². The van der Waals surface area contributed by atoms with E-state index in [2.05, 4.69) is 0 Å². The standard InChI is InChI=1S/C8H16O5/c1-4-6(10)7(11)5(3-9)13-8(4)12-2/h4-11H,3H2,1-2H3/t4-,5-,6-,7-,8-/m1/s1. The van der Waals surface area contributed by atoms with Crippen LogP contribution in [-0.4, -0.2) is 53.6 Å². The van der Waals surface area contributed by atoms with E-state index in [1.165, 1.54) is 7.11 Å². The smallest absolute Gasteiger partial charge is 0.162 e. The molecule has 13 heavy (non-hydrogen) atoms. The van der Waals surface area contributed by atoms with E-state index in [-0.39, 0.29) is 12.5 Å². The summed E-state index contributed by atoms with van der Waals surface area (Å²) in [6.45, 7) is 1.39. The molecule has 1 aliphatic rings. The monoisotopic (exact) mass is 192 g/mol. The van der Waals surface area contributed by atoms with Crippen molar-refractivity contribution in [1.29, 1.82) is 0 Å². The fraction of sp³-hybridized carbons (Fsp3) is 1.00. The van der Waals surface area contributed by atoms with Gasteiger partial charge in [-0.05, 0) is 0 Å². The van der Waals surface area contributed by atoms with E-state index in [0.29, 0.717) is 0 Å². The Morgan fingerprint density at radius 1 is 1.31 bits per heavy atom. The molecule has 0 aromatic rings. The minimum absolute atomic E-state index is 0.303. The van der Waals surface area contributed by atoms with Crippen molar-refractivity contribution in [3.05, 3.63) is 0 Å². The van der Waals surface area contributed by atoms with E-state index in [0.717, 1.165) is 0 Å². The zero-order chi connectivity index (χ0) is 10.0. The molecular formula is C8H16O5. The summed E-state index contributed by atoms with van der Waals surface area (Å²) >= 11 is 0. The molecule has 0 amide bonds. The second-order valence-electron chi connectivity index (χ2n) is 3.30. The maximum Gasteiger partial charge on any atom is 0.162 e. The van der Waals surface area contributed by atoms with Gasteiger partial charge in [0, 0.05) is 13.0 Å². The van der Waals surface area contributed by atoms with Crippen molar-refractivity contribution in [2.24, 2.45) is 5.92 Å². The molecule has 0 spiro atoms. The predicted molar refractivity (Wildman–Crippen MR) is 43.9 cm³/mol. The molecule has 1 rings (SSSR count). The summed E-state index contributed by atoms with van der Waals surface area (Å²) < 4.78 is 10.1. The minimum atomic E-state index is -1.05. The largest absolute Gasteiger partial charge is 0.394 e. The molecule has 0 saturated carbocycles. The highest BCUT2D eigenvalue weighted by Gasteiger charge is 2.41. The topological polar surface area (TPSA) is 79.2 Å². The maximum atomic E-state index is 9.53. The van der Waals surface area contributed by atoms with Gasteiger partial charge in [0.05, 0.1) is 12.7 Å². The molecule has 0 aromatic carbocycles. The average molecular weight is 192 g/mol. The number of aliphatic hydroxyl groups is 3. The summed E-state index contributed by atoms with van der Waals surface area (Å²) in [5.74, 6) is -0.303. The summed E-state index contributed by atoms with van der Waals surface area (Å²) in [6.07, 6.45) is -3.31. The molecule has 0 bridgehead atoms. The van der Waals surface area contributed by atoms with Crippen molar-refractivity contribution in [1.82, 2.24) is 0 Å². The third-order valence-electron chi connectivity index (χ3n) is 2.42. The molecule has 0 aliphatic carbocycles. The lowest BCUT2D eigenvalue weighted by atomic mass is 9.93. The van der Waals surface area contributed by atoms with Crippen LogP contribution >= 0.6 is 0 Å². The fourth-order valence-corrected chi connectivity index (χ4v) is 1.49. The lowest BCUT2D eigenvalue weighted by molar-refractivity contribution is -0.274. The quantitative estimate of drug-likeness (QED) is 0.507. The molecule has 1 aliphatic heterocycles. The van der Waals surface area contributed by atoms with E-state index in [9.17, 15) is 10.2 Å². The first-order valence-electron chi connectivity index (χ1n) is 4.27. The van der Waals surface area contributed by atoms with Crippen molar-refractivity contribution in [3.63, 3.8) is 0 Å². The molecule has 5 nitrogen and oxygen atoms in total. The highest BCUT2D eigenvalue weighted by atomic mass is 16.7. The number of methoxy groups -OCH3 is 1. The van der Waals surface area contributed by atoms with Gasteiger partial charge in [-0.25, -0.2) is 0 Å². The molecule has 0 radical (unpaired) electrons. The number of aliphatic hydroxyl groups excluding tert-OH is 3. The van der Waals surface area contributed by atoms with Crippen LogP contribution in [0.25, 0.3) is 0 Å². The highest BCUT2D eigenvalue weighted by Crippen LogP contribution is 2.25. The fourth-order valence-electron chi connectivity index (χ4n) is 1.49. The Balaban J connectivity index is 2.66. The second kappa shape index (κ2) is 4.34. The zero-order valence-electron chi connectivity index (χ0n) is 7.75. The van der Waals surface area contributed by atoms with Gasteiger partial charge in [-0.2, -0.15) is 0 Å². The molecule has 0 unspecified atom stereocenters. The molecule has 1 saturated heterocycles. The Bertz CT molecular complexity index is 143. The van der Waals surface area contributed by atoms with Crippen LogP contribution in [0.1, 0.15) is 6.92 Å². The Labute approximate surface area is 76.9 Å². The molecule has 1 fully saturated rings. The highest BCUT2D eigenvalue weighted by molar-refractivity contribution is 4.86. The first kappa shape index (κ1) is 10.9. The summed E-state index contributed by atoms with van der Waals surface area (Å²) in [6, 6.07) is 0. The summed E-state index contributed by atoms with van der Waals surface area (Å²) in [4.78, 5) is 0. The van der Waals surface area contributed by atoms with Crippen molar-refractivity contribution < 1.29 is 24.8 Å². The Morgan fingerprint density at radius 3 is 2.38 bits per heavy atom. The van der Waals surface area contributed by atoms with Crippen LogP contribution in [0, 0.1) is 5.92 Å². The van der Waals surface area contributed by atoms with E-state index in [1.54, 1.807) is 6.92 Å². The van der Waals surface area contributed by atoms with Crippen LogP contribution in [0.3, 0.4) is 0 Å². The van der Waals surface area contributed by atoms with Gasteiger partial charge in [0.15, 0.2) is 6.29 Å². The van der Waals surface area contributed by atoms with Gasteiger partial charge >= 0.3 is 0 Å². The zero-order valence-corrected chi connectivity index (χ0v) is 7.75. The van der Waals surface area contributed by atoms with E-state index >= 15 is 0 Å². The third kappa shape index (κ3) is 2.00. The van der Waals surface area contributed by atoms with Gasteiger partial charge in [0.1, 0.15) is 12.2 Å². The van der Waals surface area contributed by atoms with Gasteiger partial charge in [0.2, 0.25) is 0 Å². The van der Waals surface area contributed by atoms with Gasteiger partial charge in [-0.3, -0.25) is 0 Å². The normalized spacial score (nSPS) is 46.4. The van der Waals surface area contributed by atoms with E-state index < -0.39 is 24.6 Å². The van der Waals surface area contributed by atoms with Crippen LogP contribution in [0.5, 0.6) is 0 Å². The van der Waals surface area contributed by atoms with Crippen molar-refractivity contribution in [3.8, 4) is 0 Å². The van der Waals surface area contributed by atoms with Crippen LogP contribution in [-0.2, 0) is 9.47 Å². The van der Waals surface area contributed by atoms with Gasteiger partial charge in [-0.15, -0.1) is 0 Å². The molecule has 1 heterocycles. The molecular weight excluding hydrogens is 176 g/mol. The maximum absolute atomic E-state index is 9.53. The molecule has 78 valence electrons. The van der Waals surface area contributed by atoms with Crippen LogP contribution in [0.4, 0.5) is 0 Å². The van der Waals surface area contributed by atoms with Crippen molar-refractivity contribution >= 4 is 0 Å². The van der Waals surface area contributed by atoms with Gasteiger partial charge in [-0.1, -0.05) is 6.92 Å². The lowest BCUT2D eigenvalue weighted by Gasteiger charge is -2.40. The Kier molecular flexibility index (Phi) is 3.63. The molecule has 0 aromatic heterocycles.